The number of halogens is 1. The van der Waals surface area contributed by atoms with Gasteiger partial charge in [0.1, 0.15) is 0 Å². The predicted octanol–water partition coefficient (Wildman–Crippen LogP) is 3.68. The summed E-state index contributed by atoms with van der Waals surface area (Å²) in [7, 11) is 0. The highest BCUT2D eigenvalue weighted by atomic mass is 35.7. The summed E-state index contributed by atoms with van der Waals surface area (Å²) in [6, 6.07) is 0. The quantitative estimate of drug-likeness (QED) is 0.498. The first-order chi connectivity index (χ1) is 5.12. The monoisotopic (exact) mass is 214 g/mol. The van der Waals surface area contributed by atoms with Crippen LogP contribution in [0.2, 0.25) is 0 Å². The van der Waals surface area contributed by atoms with Gasteiger partial charge in [0.25, 0.3) is 0 Å². The second-order valence-electron chi connectivity index (χ2n) is 1.85. The molecule has 1 unspecified atom stereocenters. The normalized spacial score (nSPS) is 15.8. The zero-order valence-corrected chi connectivity index (χ0v) is 8.92. The minimum Gasteiger partial charge on any atom is -0.310 e. The van der Waals surface area contributed by atoms with Crippen LogP contribution in [0.3, 0.4) is 0 Å². The summed E-state index contributed by atoms with van der Waals surface area (Å²) in [5.41, 5.74) is 0. The largest absolute Gasteiger partial charge is 0.346 e. The van der Waals surface area contributed by atoms with E-state index in [0.29, 0.717) is 12.4 Å². The van der Waals surface area contributed by atoms with E-state index in [4.69, 9.17) is 15.8 Å². The van der Waals surface area contributed by atoms with E-state index in [1.54, 1.807) is 6.08 Å². The molecule has 0 aliphatic rings. The third kappa shape index (κ3) is 6.95. The molecule has 0 fully saturated rings. The maximum atomic E-state index is 11.2. The topological polar surface area (TPSA) is 26.3 Å². The van der Waals surface area contributed by atoms with Crippen LogP contribution in [0.4, 0.5) is 0 Å². The molecule has 0 aromatic rings. The first-order valence-electron chi connectivity index (χ1n) is 3.32. The smallest absolute Gasteiger partial charge is 0.310 e. The molecule has 0 aliphatic heterocycles. The summed E-state index contributed by atoms with van der Waals surface area (Å²) in [6.07, 6.45) is 2.47. The van der Waals surface area contributed by atoms with Crippen LogP contribution in [0.25, 0.3) is 0 Å². The Morgan fingerprint density at radius 1 is 1.82 bits per heavy atom. The minimum absolute atomic E-state index is 0.449. The van der Waals surface area contributed by atoms with E-state index in [0.717, 1.165) is 17.8 Å². The van der Waals surface area contributed by atoms with Gasteiger partial charge in [-0.25, -0.2) is 0 Å². The van der Waals surface area contributed by atoms with Crippen molar-refractivity contribution in [2.24, 2.45) is 0 Å². The highest BCUT2D eigenvalue weighted by Crippen LogP contribution is 2.64. The Hall–Kier alpha value is 0.570. The maximum absolute atomic E-state index is 11.2. The van der Waals surface area contributed by atoms with Crippen molar-refractivity contribution in [1.82, 2.24) is 0 Å². The van der Waals surface area contributed by atoms with Crippen LogP contribution in [0, 0.1) is 0 Å². The van der Waals surface area contributed by atoms with Gasteiger partial charge in [-0.3, -0.25) is 4.57 Å². The van der Waals surface area contributed by atoms with Crippen molar-refractivity contribution in [3.63, 3.8) is 0 Å². The van der Waals surface area contributed by atoms with E-state index in [1.807, 2.05) is 6.92 Å². The van der Waals surface area contributed by atoms with Crippen molar-refractivity contribution in [2.75, 3.05) is 12.4 Å². The lowest BCUT2D eigenvalue weighted by Gasteiger charge is -2.07. The van der Waals surface area contributed by atoms with Gasteiger partial charge in [0.15, 0.2) is 0 Å². The molecular weight excluding hydrogens is 203 g/mol. The summed E-state index contributed by atoms with van der Waals surface area (Å²) >= 11 is 6.64. The Morgan fingerprint density at radius 3 is 2.91 bits per heavy atom. The Labute approximate surface area is 76.3 Å². The zero-order chi connectivity index (χ0) is 8.74. The van der Waals surface area contributed by atoms with E-state index in [-0.39, 0.29) is 0 Å². The molecular formula is C6H12ClO2PS. The van der Waals surface area contributed by atoms with Gasteiger partial charge >= 0.3 is 5.92 Å². The Balaban J connectivity index is 3.61. The van der Waals surface area contributed by atoms with Crippen LogP contribution in [-0.2, 0) is 9.09 Å². The summed E-state index contributed by atoms with van der Waals surface area (Å²) < 4.78 is 16.1. The lowest BCUT2D eigenvalue weighted by atomic mass is 10.5. The zero-order valence-electron chi connectivity index (χ0n) is 6.46. The first-order valence-corrected chi connectivity index (χ1v) is 7.44. The summed E-state index contributed by atoms with van der Waals surface area (Å²) in [6.45, 7) is 5.88. The Bertz CT molecular complexity index is 163. The fourth-order valence-electron chi connectivity index (χ4n) is 0.379. The average molecular weight is 215 g/mol. The van der Waals surface area contributed by atoms with Gasteiger partial charge in [0, 0.05) is 5.75 Å². The standard InChI is InChI=1S/C6H12ClO2PS/c1-3-5-9-10(7,8)11-6-4-2/h4H,2-3,5-6H2,1H3. The van der Waals surface area contributed by atoms with Crippen LogP contribution in [-0.4, -0.2) is 12.4 Å². The average Bonchev–Trinajstić information content (AvgIpc) is 1.97. The predicted molar refractivity (Wildman–Crippen MR) is 52.4 cm³/mol. The first kappa shape index (κ1) is 11.6. The van der Waals surface area contributed by atoms with Gasteiger partial charge in [-0.05, 0) is 29.0 Å². The lowest BCUT2D eigenvalue weighted by Crippen LogP contribution is -1.84. The van der Waals surface area contributed by atoms with Crippen molar-refractivity contribution in [3.05, 3.63) is 12.7 Å². The number of hydrogen-bond donors (Lipinski definition) is 0. The third-order valence-electron chi connectivity index (χ3n) is 0.796. The van der Waals surface area contributed by atoms with Crippen LogP contribution < -0.4 is 0 Å². The minimum atomic E-state index is -2.91. The summed E-state index contributed by atoms with van der Waals surface area (Å²) in [4.78, 5) is 0. The Kier molecular flexibility index (Phi) is 6.44. The molecule has 0 aromatic heterocycles. The van der Waals surface area contributed by atoms with Gasteiger partial charge in [0.05, 0.1) is 6.61 Å². The molecule has 0 bridgehead atoms. The van der Waals surface area contributed by atoms with Crippen LogP contribution in [0.1, 0.15) is 13.3 Å². The molecule has 0 saturated carbocycles. The fraction of sp³-hybridized carbons (Fsp3) is 0.667. The molecule has 0 aromatic carbocycles. The fourth-order valence-corrected chi connectivity index (χ4v) is 3.15. The van der Waals surface area contributed by atoms with Crippen LogP contribution >= 0.6 is 28.5 Å². The molecule has 66 valence electrons. The second kappa shape index (κ2) is 6.13. The number of rotatable bonds is 6. The van der Waals surface area contributed by atoms with Crippen molar-refractivity contribution in [3.8, 4) is 0 Å². The number of hydrogen-bond acceptors (Lipinski definition) is 3. The molecule has 0 aliphatic carbocycles. The molecule has 5 heteroatoms. The maximum Gasteiger partial charge on any atom is 0.346 e. The van der Waals surface area contributed by atoms with E-state index in [2.05, 4.69) is 6.58 Å². The molecule has 11 heavy (non-hydrogen) atoms. The molecule has 0 heterocycles. The van der Waals surface area contributed by atoms with Crippen LogP contribution in [0.15, 0.2) is 12.7 Å². The molecule has 0 radical (unpaired) electrons. The molecule has 0 spiro atoms. The third-order valence-corrected chi connectivity index (χ3v) is 4.84. The lowest BCUT2D eigenvalue weighted by molar-refractivity contribution is 0.334. The highest BCUT2D eigenvalue weighted by Gasteiger charge is 2.18. The van der Waals surface area contributed by atoms with Gasteiger partial charge in [-0.2, -0.15) is 0 Å². The van der Waals surface area contributed by atoms with Crippen molar-refractivity contribution in [1.29, 1.82) is 0 Å². The van der Waals surface area contributed by atoms with Crippen molar-refractivity contribution >= 4 is 28.5 Å². The van der Waals surface area contributed by atoms with E-state index in [9.17, 15) is 4.57 Å². The molecule has 0 rings (SSSR count). The van der Waals surface area contributed by atoms with E-state index in [1.165, 1.54) is 0 Å². The molecule has 2 nitrogen and oxygen atoms in total. The summed E-state index contributed by atoms with van der Waals surface area (Å²) in [5, 5.41) is 0. The second-order valence-corrected chi connectivity index (χ2v) is 7.71. The van der Waals surface area contributed by atoms with E-state index < -0.39 is 5.92 Å². The van der Waals surface area contributed by atoms with Gasteiger partial charge < -0.3 is 4.52 Å². The van der Waals surface area contributed by atoms with Crippen molar-refractivity contribution in [2.45, 2.75) is 13.3 Å². The van der Waals surface area contributed by atoms with Gasteiger partial charge in [-0.15, -0.1) is 6.58 Å². The molecule has 0 saturated heterocycles. The van der Waals surface area contributed by atoms with Gasteiger partial charge in [-0.1, -0.05) is 13.0 Å². The van der Waals surface area contributed by atoms with Gasteiger partial charge in [0.2, 0.25) is 0 Å². The van der Waals surface area contributed by atoms with Crippen LogP contribution in [0.5, 0.6) is 0 Å². The molecule has 0 amide bonds. The molecule has 1 atom stereocenters. The summed E-state index contributed by atoms with van der Waals surface area (Å²) in [5.74, 6) is -2.35. The van der Waals surface area contributed by atoms with E-state index >= 15 is 0 Å². The van der Waals surface area contributed by atoms with Crippen molar-refractivity contribution < 1.29 is 9.09 Å². The molecule has 0 N–H and O–H groups in total. The Morgan fingerprint density at radius 2 is 2.45 bits per heavy atom. The SMILES string of the molecule is C=CCSP(=O)(Cl)OCCC. The highest BCUT2D eigenvalue weighted by molar-refractivity contribution is 8.63.